The number of rotatable bonds is 4. The Morgan fingerprint density at radius 3 is 2.39 bits per heavy atom. The van der Waals surface area contributed by atoms with Crippen molar-refractivity contribution in [3.8, 4) is 0 Å². The zero-order valence-electron chi connectivity index (χ0n) is 12.9. The lowest BCUT2D eigenvalue weighted by Crippen LogP contribution is -2.25. The van der Waals surface area contributed by atoms with Crippen LogP contribution in [-0.4, -0.2) is 31.8 Å². The Labute approximate surface area is 121 Å². The van der Waals surface area contributed by atoms with Crippen LogP contribution in [0.1, 0.15) is 59.8 Å². The van der Waals surface area contributed by atoms with E-state index in [0.29, 0.717) is 0 Å². The Hall–Kier alpha value is -0.0451. The average molecular weight is 267 g/mol. The van der Waals surface area contributed by atoms with Gasteiger partial charge < -0.3 is 4.90 Å². The van der Waals surface area contributed by atoms with Crippen LogP contribution < -0.4 is 0 Å². The molecule has 1 aliphatic rings. The molecule has 104 valence electrons. The first-order chi connectivity index (χ1) is 8.36. The standard InChI is InChI=1S/C10H19B.C5H11NS/c1-4-9-7-10(3,11)6-5-8(9)2;1-3-4-6(2)5-7/h8-9H,4-7H2,1-3H3;5H,3-4H2,1-2H3. The molecule has 0 aromatic carbocycles. The molecule has 3 heteroatoms. The zero-order valence-corrected chi connectivity index (χ0v) is 13.7. The van der Waals surface area contributed by atoms with Crippen LogP contribution in [-0.2, 0) is 0 Å². The molecular formula is C15H30BNS. The first kappa shape index (κ1) is 18.0. The summed E-state index contributed by atoms with van der Waals surface area (Å²) in [5.41, 5.74) is 1.67. The molecule has 1 nitrogen and oxygen atoms in total. The summed E-state index contributed by atoms with van der Waals surface area (Å²) in [6.45, 7) is 10.0. The highest BCUT2D eigenvalue weighted by Gasteiger charge is 2.30. The fourth-order valence-electron chi connectivity index (χ4n) is 2.65. The third-order valence-electron chi connectivity index (χ3n) is 3.98. The largest absolute Gasteiger partial charge is 0.372 e. The summed E-state index contributed by atoms with van der Waals surface area (Å²) < 4.78 is 0. The molecule has 1 aliphatic carbocycles. The summed E-state index contributed by atoms with van der Waals surface area (Å²) in [7, 11) is 8.09. The molecule has 1 saturated carbocycles. The van der Waals surface area contributed by atoms with Gasteiger partial charge in [0.1, 0.15) is 0 Å². The summed E-state index contributed by atoms with van der Waals surface area (Å²) in [6, 6.07) is 0. The van der Waals surface area contributed by atoms with Crippen LogP contribution >= 0.6 is 12.2 Å². The van der Waals surface area contributed by atoms with E-state index in [4.69, 9.17) is 7.85 Å². The normalized spacial score (nSPS) is 31.2. The van der Waals surface area contributed by atoms with E-state index in [1.165, 1.54) is 32.1 Å². The first-order valence-corrected chi connectivity index (χ1v) is 7.77. The van der Waals surface area contributed by atoms with E-state index in [-0.39, 0.29) is 5.31 Å². The van der Waals surface area contributed by atoms with Gasteiger partial charge >= 0.3 is 0 Å². The van der Waals surface area contributed by atoms with Crippen molar-refractivity contribution in [2.45, 2.75) is 65.1 Å². The summed E-state index contributed by atoms with van der Waals surface area (Å²) in [6.07, 6.45) is 6.23. The fraction of sp³-hybridized carbons (Fsp3) is 0.933. The predicted molar refractivity (Wildman–Crippen MR) is 87.5 cm³/mol. The predicted octanol–water partition coefficient (Wildman–Crippen LogP) is 4.47. The summed E-state index contributed by atoms with van der Waals surface area (Å²) >= 11 is 4.64. The van der Waals surface area contributed by atoms with Gasteiger partial charge in [0, 0.05) is 13.6 Å². The molecule has 0 bridgehead atoms. The molecule has 0 aromatic heterocycles. The number of hydrogen-bond donors (Lipinski definition) is 0. The van der Waals surface area contributed by atoms with Gasteiger partial charge in [-0.15, -0.1) is 0 Å². The maximum atomic E-state index is 6.11. The van der Waals surface area contributed by atoms with Gasteiger partial charge in [-0.3, -0.25) is 0 Å². The van der Waals surface area contributed by atoms with E-state index in [1.54, 1.807) is 5.49 Å². The van der Waals surface area contributed by atoms with Crippen molar-refractivity contribution in [3.05, 3.63) is 0 Å². The van der Waals surface area contributed by atoms with Gasteiger partial charge in [-0.2, -0.15) is 0 Å². The van der Waals surface area contributed by atoms with Gasteiger partial charge in [0.15, 0.2) is 0 Å². The lowest BCUT2D eigenvalue weighted by atomic mass is 9.56. The molecule has 0 aliphatic heterocycles. The summed E-state index contributed by atoms with van der Waals surface area (Å²) in [5, 5.41) is 0.132. The Morgan fingerprint density at radius 1 is 1.44 bits per heavy atom. The average Bonchev–Trinajstić information content (AvgIpc) is 2.33. The molecule has 3 atom stereocenters. The molecule has 0 heterocycles. The third kappa shape index (κ3) is 7.40. The molecule has 1 fully saturated rings. The van der Waals surface area contributed by atoms with Gasteiger partial charge in [-0.05, 0) is 18.3 Å². The van der Waals surface area contributed by atoms with Crippen molar-refractivity contribution in [3.63, 3.8) is 0 Å². The third-order valence-corrected chi connectivity index (χ3v) is 4.34. The summed E-state index contributed by atoms with van der Waals surface area (Å²) in [4.78, 5) is 2.00. The molecule has 0 saturated heterocycles. The van der Waals surface area contributed by atoms with Gasteiger partial charge in [-0.25, -0.2) is 0 Å². The Balaban J connectivity index is 0.000000360. The second kappa shape index (κ2) is 8.95. The molecule has 2 radical (unpaired) electrons. The van der Waals surface area contributed by atoms with E-state index >= 15 is 0 Å². The van der Waals surface area contributed by atoms with Crippen LogP contribution in [0.2, 0.25) is 5.31 Å². The van der Waals surface area contributed by atoms with Crippen molar-refractivity contribution >= 4 is 25.6 Å². The highest BCUT2D eigenvalue weighted by Crippen LogP contribution is 2.45. The number of hydrogen-bond acceptors (Lipinski definition) is 1. The van der Waals surface area contributed by atoms with Gasteiger partial charge in [-0.1, -0.05) is 70.9 Å². The monoisotopic (exact) mass is 267 g/mol. The lowest BCUT2D eigenvalue weighted by Gasteiger charge is -2.39. The van der Waals surface area contributed by atoms with E-state index in [1.807, 2.05) is 11.9 Å². The zero-order chi connectivity index (χ0) is 14.2. The smallest absolute Gasteiger partial charge is 0.0742 e. The SMILES string of the molecule is CCCN(C)C=S.[B]C1(C)CCC(C)C(CC)C1. The van der Waals surface area contributed by atoms with Crippen molar-refractivity contribution in [2.75, 3.05) is 13.6 Å². The second-order valence-electron chi connectivity index (χ2n) is 6.13. The molecular weight excluding hydrogens is 237 g/mol. The maximum absolute atomic E-state index is 6.11. The molecule has 1 rings (SSSR count). The number of thiocarbonyl (C=S) groups is 1. The van der Waals surface area contributed by atoms with E-state index in [0.717, 1.165) is 18.4 Å². The van der Waals surface area contributed by atoms with Crippen molar-refractivity contribution in [1.82, 2.24) is 4.90 Å². The number of nitrogens with zero attached hydrogens (tertiary/aromatic N) is 1. The molecule has 0 aromatic rings. The molecule has 0 N–H and O–H groups in total. The Bertz CT molecular complexity index is 231. The maximum Gasteiger partial charge on any atom is 0.0742 e. The topological polar surface area (TPSA) is 3.24 Å². The molecule has 0 spiro atoms. The van der Waals surface area contributed by atoms with Gasteiger partial charge in [0.05, 0.1) is 13.3 Å². The van der Waals surface area contributed by atoms with E-state index in [9.17, 15) is 0 Å². The van der Waals surface area contributed by atoms with Crippen molar-refractivity contribution in [1.29, 1.82) is 0 Å². The molecule has 3 unspecified atom stereocenters. The molecule has 0 amide bonds. The lowest BCUT2D eigenvalue weighted by molar-refractivity contribution is 0.209. The van der Waals surface area contributed by atoms with Crippen LogP contribution in [0.4, 0.5) is 0 Å². The second-order valence-corrected chi connectivity index (χ2v) is 6.34. The highest BCUT2D eigenvalue weighted by atomic mass is 32.1. The highest BCUT2D eigenvalue weighted by molar-refractivity contribution is 7.78. The van der Waals surface area contributed by atoms with Gasteiger partial charge in [0.25, 0.3) is 0 Å². The van der Waals surface area contributed by atoms with Crippen LogP contribution in [0.15, 0.2) is 0 Å². The minimum absolute atomic E-state index is 0.132. The van der Waals surface area contributed by atoms with Crippen LogP contribution in [0.25, 0.3) is 0 Å². The minimum Gasteiger partial charge on any atom is -0.372 e. The van der Waals surface area contributed by atoms with Crippen molar-refractivity contribution in [2.24, 2.45) is 11.8 Å². The van der Waals surface area contributed by atoms with Crippen molar-refractivity contribution < 1.29 is 0 Å². The Morgan fingerprint density at radius 2 is 2.06 bits per heavy atom. The first-order valence-electron chi connectivity index (χ1n) is 7.30. The minimum atomic E-state index is 0.132. The van der Waals surface area contributed by atoms with Crippen LogP contribution in [0, 0.1) is 11.8 Å². The quantitative estimate of drug-likeness (QED) is 0.546. The van der Waals surface area contributed by atoms with Crippen LogP contribution in [0.3, 0.4) is 0 Å². The van der Waals surface area contributed by atoms with E-state index < -0.39 is 0 Å². The summed E-state index contributed by atoms with van der Waals surface area (Å²) in [5.74, 6) is 1.77. The van der Waals surface area contributed by atoms with E-state index in [2.05, 4.69) is 39.9 Å². The Kier molecular flexibility index (Phi) is 8.93. The fourth-order valence-corrected chi connectivity index (χ4v) is 2.75. The van der Waals surface area contributed by atoms with Gasteiger partial charge in [0.2, 0.25) is 0 Å². The molecule has 18 heavy (non-hydrogen) atoms. The van der Waals surface area contributed by atoms with Crippen LogP contribution in [0.5, 0.6) is 0 Å².